The Morgan fingerprint density at radius 2 is 2.23 bits per heavy atom. The number of nitrogen functional groups attached to an aromatic ring is 1. The molecule has 0 bridgehead atoms. The summed E-state index contributed by atoms with van der Waals surface area (Å²) < 4.78 is 18.4. The van der Waals surface area contributed by atoms with Crippen LogP contribution in [-0.2, 0) is 9.92 Å². The Hall–Kier alpha value is -1.07. The van der Waals surface area contributed by atoms with Gasteiger partial charge in [0.25, 0.3) is 0 Å². The van der Waals surface area contributed by atoms with E-state index < -0.39 is 9.92 Å². The SMILES string of the molecule is CN=S(=O)(NC)c1cccc(N)c1. The largest absolute Gasteiger partial charge is 0.399 e. The predicted octanol–water partition coefficient (Wildman–Crippen LogP) is 0.860. The summed E-state index contributed by atoms with van der Waals surface area (Å²) in [6.45, 7) is 0. The zero-order chi connectivity index (χ0) is 9.90. The minimum atomic E-state index is -2.47. The Morgan fingerprint density at radius 3 is 2.69 bits per heavy atom. The first kappa shape index (κ1) is 10.0. The van der Waals surface area contributed by atoms with Crippen molar-refractivity contribution in [2.24, 2.45) is 4.36 Å². The number of rotatable bonds is 2. The third kappa shape index (κ3) is 1.99. The highest BCUT2D eigenvalue weighted by Crippen LogP contribution is 2.13. The van der Waals surface area contributed by atoms with Gasteiger partial charge in [-0.15, -0.1) is 0 Å². The van der Waals surface area contributed by atoms with Gasteiger partial charge in [0.1, 0.15) is 9.92 Å². The summed E-state index contributed by atoms with van der Waals surface area (Å²) in [5.41, 5.74) is 6.16. The Balaban J connectivity index is 3.30. The normalized spacial score (nSPS) is 14.9. The summed E-state index contributed by atoms with van der Waals surface area (Å²) in [6, 6.07) is 6.90. The fourth-order valence-electron chi connectivity index (χ4n) is 1.00. The lowest BCUT2D eigenvalue weighted by Gasteiger charge is -2.07. The van der Waals surface area contributed by atoms with Gasteiger partial charge in [-0.05, 0) is 25.2 Å². The van der Waals surface area contributed by atoms with E-state index in [9.17, 15) is 4.21 Å². The fourth-order valence-corrected chi connectivity index (χ4v) is 2.19. The third-order valence-electron chi connectivity index (χ3n) is 1.71. The first-order valence-corrected chi connectivity index (χ1v) is 5.33. The number of nitrogens with two attached hydrogens (primary N) is 1. The average Bonchev–Trinajstić information content (AvgIpc) is 2.17. The van der Waals surface area contributed by atoms with Crippen LogP contribution in [0.25, 0.3) is 0 Å². The van der Waals surface area contributed by atoms with E-state index >= 15 is 0 Å². The number of hydrogen-bond donors (Lipinski definition) is 2. The van der Waals surface area contributed by atoms with Gasteiger partial charge >= 0.3 is 0 Å². The van der Waals surface area contributed by atoms with E-state index in [2.05, 4.69) is 9.08 Å². The minimum absolute atomic E-state index is 0.587. The summed E-state index contributed by atoms with van der Waals surface area (Å²) in [5, 5.41) is 0. The highest BCUT2D eigenvalue weighted by molar-refractivity contribution is 7.91. The molecule has 5 heteroatoms. The van der Waals surface area contributed by atoms with E-state index in [4.69, 9.17) is 5.73 Å². The van der Waals surface area contributed by atoms with Crippen LogP contribution in [0.15, 0.2) is 33.5 Å². The van der Waals surface area contributed by atoms with Gasteiger partial charge < -0.3 is 5.73 Å². The lowest BCUT2D eigenvalue weighted by atomic mass is 10.3. The van der Waals surface area contributed by atoms with Crippen LogP contribution in [0.1, 0.15) is 0 Å². The molecule has 0 aromatic heterocycles. The first-order chi connectivity index (χ1) is 6.12. The number of nitrogens with one attached hydrogen (secondary N) is 1. The molecule has 1 atom stereocenters. The monoisotopic (exact) mass is 199 g/mol. The molecular formula is C8H13N3OS. The Labute approximate surface area is 78.5 Å². The van der Waals surface area contributed by atoms with Crippen LogP contribution < -0.4 is 10.5 Å². The van der Waals surface area contributed by atoms with Gasteiger partial charge in [0.15, 0.2) is 0 Å². The van der Waals surface area contributed by atoms with E-state index in [1.165, 1.54) is 7.05 Å². The predicted molar refractivity (Wildman–Crippen MR) is 54.7 cm³/mol. The van der Waals surface area contributed by atoms with Gasteiger partial charge in [0, 0.05) is 12.7 Å². The van der Waals surface area contributed by atoms with Crippen molar-refractivity contribution in [2.75, 3.05) is 19.8 Å². The van der Waals surface area contributed by atoms with Crippen LogP contribution in [0, 0.1) is 0 Å². The van der Waals surface area contributed by atoms with Crippen molar-refractivity contribution < 1.29 is 4.21 Å². The van der Waals surface area contributed by atoms with E-state index in [0.29, 0.717) is 10.6 Å². The number of benzene rings is 1. The molecule has 1 rings (SSSR count). The third-order valence-corrected chi connectivity index (χ3v) is 3.67. The molecule has 0 spiro atoms. The van der Waals surface area contributed by atoms with E-state index in [1.807, 2.05) is 0 Å². The smallest absolute Gasteiger partial charge is 0.136 e. The molecular weight excluding hydrogens is 186 g/mol. The second kappa shape index (κ2) is 3.76. The molecule has 0 radical (unpaired) electrons. The lowest BCUT2D eigenvalue weighted by Crippen LogP contribution is -2.18. The molecule has 0 aliphatic rings. The number of anilines is 1. The molecule has 0 heterocycles. The lowest BCUT2D eigenvalue weighted by molar-refractivity contribution is 0.670. The molecule has 1 aromatic rings. The Bertz CT molecular complexity index is 408. The zero-order valence-electron chi connectivity index (χ0n) is 7.65. The second-order valence-corrected chi connectivity index (χ2v) is 4.78. The first-order valence-electron chi connectivity index (χ1n) is 3.81. The number of nitrogens with zero attached hydrogens (tertiary/aromatic N) is 1. The van der Waals surface area contributed by atoms with Crippen molar-refractivity contribution in [3.05, 3.63) is 24.3 Å². The summed E-state index contributed by atoms with van der Waals surface area (Å²) in [7, 11) is 0.654. The highest BCUT2D eigenvalue weighted by Gasteiger charge is 2.07. The summed E-state index contributed by atoms with van der Waals surface area (Å²) in [4.78, 5) is 0.609. The van der Waals surface area contributed by atoms with Crippen LogP contribution in [-0.4, -0.2) is 18.3 Å². The quantitative estimate of drug-likeness (QED) is 0.694. The highest BCUT2D eigenvalue weighted by atomic mass is 32.2. The summed E-state index contributed by atoms with van der Waals surface area (Å²) in [5.74, 6) is 0. The van der Waals surface area contributed by atoms with Crippen molar-refractivity contribution in [1.82, 2.24) is 4.72 Å². The Kier molecular flexibility index (Phi) is 2.90. The zero-order valence-corrected chi connectivity index (χ0v) is 8.47. The maximum Gasteiger partial charge on any atom is 0.136 e. The molecule has 0 aliphatic heterocycles. The van der Waals surface area contributed by atoms with Gasteiger partial charge in [0.05, 0.1) is 4.90 Å². The van der Waals surface area contributed by atoms with Crippen molar-refractivity contribution in [3.8, 4) is 0 Å². The molecule has 3 N–H and O–H groups in total. The van der Waals surface area contributed by atoms with E-state index in [0.717, 1.165) is 0 Å². The van der Waals surface area contributed by atoms with E-state index in [-0.39, 0.29) is 0 Å². The topological polar surface area (TPSA) is 67.5 Å². The van der Waals surface area contributed by atoms with Gasteiger partial charge in [-0.25, -0.2) is 13.3 Å². The van der Waals surface area contributed by atoms with E-state index in [1.54, 1.807) is 31.3 Å². The summed E-state index contributed by atoms with van der Waals surface area (Å²) >= 11 is 0. The molecule has 1 aromatic carbocycles. The van der Waals surface area contributed by atoms with Crippen molar-refractivity contribution >= 4 is 15.6 Å². The van der Waals surface area contributed by atoms with Crippen LogP contribution in [0.4, 0.5) is 5.69 Å². The maximum absolute atomic E-state index is 11.9. The maximum atomic E-state index is 11.9. The molecule has 0 saturated heterocycles. The molecule has 0 saturated carbocycles. The van der Waals surface area contributed by atoms with Crippen LogP contribution in [0.5, 0.6) is 0 Å². The molecule has 72 valence electrons. The van der Waals surface area contributed by atoms with Gasteiger partial charge in [-0.1, -0.05) is 6.07 Å². The second-order valence-electron chi connectivity index (χ2n) is 2.49. The standard InChI is InChI=1S/C8H13N3OS/c1-10-13(12,11-2)8-5-3-4-7(9)6-8/h3-6H,9H2,1-2H3,(H,10,11,12). The minimum Gasteiger partial charge on any atom is -0.399 e. The molecule has 1 unspecified atom stereocenters. The van der Waals surface area contributed by atoms with Gasteiger partial charge in [-0.2, -0.15) is 0 Å². The molecule has 0 amide bonds. The number of hydrogen-bond acceptors (Lipinski definition) is 3. The summed E-state index contributed by atoms with van der Waals surface area (Å²) in [6.07, 6.45) is 0. The Morgan fingerprint density at radius 1 is 1.54 bits per heavy atom. The molecule has 0 fully saturated rings. The van der Waals surface area contributed by atoms with Gasteiger partial charge in [0.2, 0.25) is 0 Å². The molecule has 4 nitrogen and oxygen atoms in total. The van der Waals surface area contributed by atoms with Gasteiger partial charge in [-0.3, -0.25) is 0 Å². The van der Waals surface area contributed by atoms with Crippen LogP contribution >= 0.6 is 0 Å². The van der Waals surface area contributed by atoms with Crippen molar-refractivity contribution in [1.29, 1.82) is 0 Å². The van der Waals surface area contributed by atoms with Crippen molar-refractivity contribution in [3.63, 3.8) is 0 Å². The average molecular weight is 199 g/mol. The van der Waals surface area contributed by atoms with Crippen LogP contribution in [0.2, 0.25) is 0 Å². The van der Waals surface area contributed by atoms with Crippen molar-refractivity contribution in [2.45, 2.75) is 4.90 Å². The molecule has 13 heavy (non-hydrogen) atoms. The molecule has 0 aliphatic carbocycles. The van der Waals surface area contributed by atoms with Crippen LogP contribution in [0.3, 0.4) is 0 Å². The fraction of sp³-hybridized carbons (Fsp3) is 0.250.